The Bertz CT molecular complexity index is 423. The Morgan fingerprint density at radius 3 is 3.00 bits per heavy atom. The van der Waals surface area contributed by atoms with Gasteiger partial charge in [-0.15, -0.1) is 0 Å². The summed E-state index contributed by atoms with van der Waals surface area (Å²) in [5, 5.41) is 2.83. The highest BCUT2D eigenvalue weighted by atomic mass is 127. The van der Waals surface area contributed by atoms with Gasteiger partial charge in [0.2, 0.25) is 0 Å². The molecule has 0 radical (unpaired) electrons. The maximum atomic E-state index is 2.33. The monoisotopic (exact) mass is 259 g/mol. The second kappa shape index (κ2) is 2.59. The van der Waals surface area contributed by atoms with Gasteiger partial charge in [-0.1, -0.05) is 20.7 Å². The van der Waals surface area contributed by atoms with Crippen molar-refractivity contribution in [1.29, 1.82) is 0 Å². The minimum Gasteiger partial charge on any atom is -0.351 e. The molecule has 0 amide bonds. The molecule has 1 aliphatic heterocycles. The summed E-state index contributed by atoms with van der Waals surface area (Å²) in [6, 6.07) is 2.22. The first-order chi connectivity index (χ1) is 5.29. The summed E-state index contributed by atoms with van der Waals surface area (Å²) in [5.41, 5.74) is 0. The molecule has 1 nitrogen and oxygen atoms in total. The molecule has 0 saturated heterocycles. The molecule has 0 fully saturated rings. The van der Waals surface area contributed by atoms with Gasteiger partial charge in [-0.05, 0) is 26.7 Å². The standard InChI is InChI=1S/C9H10IN/c1-7-8-4-6-11(2)9(8)3-5-10-7/h3-6H,1-2H3. The van der Waals surface area contributed by atoms with Crippen molar-refractivity contribution in [3.63, 3.8) is 0 Å². The Labute approximate surface area is 75.8 Å². The van der Waals surface area contributed by atoms with Crippen molar-refractivity contribution in [2.75, 3.05) is 0 Å². The average Bonchev–Trinajstić information content (AvgIpc) is 2.35. The van der Waals surface area contributed by atoms with Gasteiger partial charge < -0.3 is 4.57 Å². The van der Waals surface area contributed by atoms with Crippen LogP contribution in [0.4, 0.5) is 0 Å². The van der Waals surface area contributed by atoms with Crippen molar-refractivity contribution in [2.24, 2.45) is 7.05 Å². The van der Waals surface area contributed by atoms with Gasteiger partial charge in [0.25, 0.3) is 0 Å². The molecule has 0 aliphatic carbocycles. The van der Waals surface area contributed by atoms with Crippen molar-refractivity contribution < 1.29 is 0 Å². The number of halogens is 1. The summed E-state index contributed by atoms with van der Waals surface area (Å²) in [4.78, 5) is 0. The molecule has 58 valence electrons. The van der Waals surface area contributed by atoms with Crippen molar-refractivity contribution in [2.45, 2.75) is 6.92 Å². The smallest absolute Gasteiger partial charge is 0.0489 e. The van der Waals surface area contributed by atoms with E-state index in [1.807, 2.05) is 0 Å². The Hall–Kier alpha value is -0.380. The fourth-order valence-electron chi connectivity index (χ4n) is 1.29. The van der Waals surface area contributed by atoms with Gasteiger partial charge in [-0.25, -0.2) is 0 Å². The first kappa shape index (κ1) is 7.28. The fourth-order valence-corrected chi connectivity index (χ4v) is 3.14. The lowest BCUT2D eigenvalue weighted by Crippen LogP contribution is -2.29. The lowest BCUT2D eigenvalue weighted by Gasteiger charge is -1.95. The molecule has 1 aromatic rings. The maximum absolute atomic E-state index is 2.33. The van der Waals surface area contributed by atoms with Crippen LogP contribution in [0.5, 0.6) is 0 Å². The van der Waals surface area contributed by atoms with Gasteiger partial charge in [-0.2, -0.15) is 0 Å². The van der Waals surface area contributed by atoms with E-state index in [0.717, 1.165) is 0 Å². The van der Waals surface area contributed by atoms with Gasteiger partial charge in [-0.3, -0.25) is 0 Å². The lowest BCUT2D eigenvalue weighted by atomic mass is 10.4. The molecule has 1 aromatic heterocycles. The van der Waals surface area contributed by atoms with E-state index in [0.29, 0.717) is 0 Å². The summed E-state index contributed by atoms with van der Waals surface area (Å²) in [5.74, 6) is 0. The molecule has 2 rings (SSSR count). The topological polar surface area (TPSA) is 4.93 Å². The Morgan fingerprint density at radius 2 is 2.27 bits per heavy atom. The Morgan fingerprint density at radius 1 is 1.45 bits per heavy atom. The van der Waals surface area contributed by atoms with E-state index in [9.17, 15) is 0 Å². The second-order valence-electron chi connectivity index (χ2n) is 2.66. The van der Waals surface area contributed by atoms with Crippen LogP contribution < -0.4 is 10.6 Å². The zero-order chi connectivity index (χ0) is 7.84. The van der Waals surface area contributed by atoms with E-state index in [1.165, 1.54) is 10.6 Å². The van der Waals surface area contributed by atoms with Crippen LogP contribution in [0, 0.1) is 0 Å². The molecule has 0 saturated carbocycles. The molecule has 1 aliphatic rings. The van der Waals surface area contributed by atoms with Crippen molar-refractivity contribution in [3.8, 4) is 0 Å². The van der Waals surface area contributed by atoms with Crippen LogP contribution in [0.2, 0.25) is 0 Å². The minimum absolute atomic E-state index is 0.199. The molecule has 0 spiro atoms. The third kappa shape index (κ3) is 1.09. The third-order valence-corrected chi connectivity index (χ3v) is 4.17. The number of aryl methyl sites for hydroxylation is 1. The van der Waals surface area contributed by atoms with Gasteiger partial charge in [0.05, 0.1) is 0 Å². The highest BCUT2D eigenvalue weighted by Gasteiger charge is 1.96. The van der Waals surface area contributed by atoms with Crippen molar-refractivity contribution in [1.82, 2.24) is 4.57 Å². The molecule has 0 atom stereocenters. The van der Waals surface area contributed by atoms with Gasteiger partial charge in [0, 0.05) is 23.8 Å². The molecular formula is C9H10IN. The summed E-state index contributed by atoms with van der Waals surface area (Å²) >= 11 is 0.199. The van der Waals surface area contributed by atoms with Gasteiger partial charge in [0.1, 0.15) is 0 Å². The number of nitrogens with zero attached hydrogens (tertiary/aromatic N) is 1. The first-order valence-electron chi connectivity index (χ1n) is 3.58. The average molecular weight is 259 g/mol. The van der Waals surface area contributed by atoms with Crippen LogP contribution in [0.15, 0.2) is 12.3 Å². The molecule has 11 heavy (non-hydrogen) atoms. The maximum Gasteiger partial charge on any atom is 0.0489 e. The number of aromatic nitrogens is 1. The zero-order valence-electron chi connectivity index (χ0n) is 6.63. The van der Waals surface area contributed by atoms with E-state index in [2.05, 4.69) is 40.9 Å². The molecule has 0 unspecified atom stereocenters. The normalized spacial score (nSPS) is 15.3. The number of fused-ring (bicyclic) bond motifs is 1. The van der Waals surface area contributed by atoms with E-state index >= 15 is 0 Å². The van der Waals surface area contributed by atoms with E-state index in [1.54, 1.807) is 3.58 Å². The zero-order valence-corrected chi connectivity index (χ0v) is 8.79. The van der Waals surface area contributed by atoms with Gasteiger partial charge >= 0.3 is 0 Å². The number of hydrogen-bond acceptors (Lipinski definition) is 0. The summed E-state index contributed by atoms with van der Waals surface area (Å²) < 4.78 is 6.09. The van der Waals surface area contributed by atoms with Crippen LogP contribution in [0.3, 0.4) is 0 Å². The van der Waals surface area contributed by atoms with Crippen molar-refractivity contribution >= 4 is 34.4 Å². The van der Waals surface area contributed by atoms with Crippen LogP contribution >= 0.6 is 20.7 Å². The highest BCUT2D eigenvalue weighted by molar-refractivity contribution is 14.2. The molecule has 0 aromatic carbocycles. The third-order valence-electron chi connectivity index (χ3n) is 1.94. The fraction of sp³-hybridized carbons (Fsp3) is 0.222. The lowest BCUT2D eigenvalue weighted by molar-refractivity contribution is 0.890. The number of rotatable bonds is 0. The summed E-state index contributed by atoms with van der Waals surface area (Å²) in [7, 11) is 2.10. The van der Waals surface area contributed by atoms with Crippen LogP contribution in [0.1, 0.15) is 6.92 Å². The molecule has 0 bridgehead atoms. The predicted molar refractivity (Wildman–Crippen MR) is 58.3 cm³/mol. The van der Waals surface area contributed by atoms with Crippen LogP contribution in [-0.4, -0.2) is 8.58 Å². The molecule has 2 heteroatoms. The van der Waals surface area contributed by atoms with E-state index in [4.69, 9.17) is 0 Å². The molecular weight excluding hydrogens is 249 g/mol. The molecule has 0 N–H and O–H groups in total. The van der Waals surface area contributed by atoms with Gasteiger partial charge in [0.15, 0.2) is 0 Å². The Balaban J connectivity index is 3.00. The van der Waals surface area contributed by atoms with Crippen LogP contribution in [-0.2, 0) is 7.05 Å². The van der Waals surface area contributed by atoms with Crippen LogP contribution in [0.25, 0.3) is 9.66 Å². The second-order valence-corrected chi connectivity index (χ2v) is 5.62. The SMILES string of the molecule is CC1=c2ccn(C)c2=CC=I1. The highest BCUT2D eigenvalue weighted by Crippen LogP contribution is 2.12. The Kier molecular flexibility index (Phi) is 1.71. The van der Waals surface area contributed by atoms with Crippen molar-refractivity contribution in [3.05, 3.63) is 22.8 Å². The largest absolute Gasteiger partial charge is 0.351 e. The minimum atomic E-state index is 0.199. The van der Waals surface area contributed by atoms with E-state index in [-0.39, 0.29) is 20.7 Å². The summed E-state index contributed by atoms with van der Waals surface area (Å²) in [6.45, 7) is 2.25. The predicted octanol–water partition coefficient (Wildman–Crippen LogP) is 0.720. The summed E-state index contributed by atoms with van der Waals surface area (Å²) in [6.07, 6.45) is 4.38. The molecule has 2 heterocycles. The first-order valence-corrected chi connectivity index (χ1v) is 5.90. The van der Waals surface area contributed by atoms with E-state index < -0.39 is 0 Å². The quantitative estimate of drug-likeness (QED) is 0.605. The number of hydrogen-bond donors (Lipinski definition) is 0.